The molecule has 0 bridgehead atoms. The number of furan rings is 1. The lowest BCUT2D eigenvalue weighted by Crippen LogP contribution is -1.94. The van der Waals surface area contributed by atoms with Gasteiger partial charge in [-0.2, -0.15) is 0 Å². The molecule has 4 rings (SSSR count). The molecule has 114 valence electrons. The topological polar surface area (TPSA) is 13.1 Å². The Morgan fingerprint density at radius 2 is 1.61 bits per heavy atom. The molecule has 4 aromatic rings. The van der Waals surface area contributed by atoms with Gasteiger partial charge in [0.05, 0.1) is 0 Å². The fourth-order valence-electron chi connectivity index (χ4n) is 3.35. The molecule has 0 aliphatic carbocycles. The van der Waals surface area contributed by atoms with Crippen LogP contribution in [0.15, 0.2) is 71.1 Å². The van der Waals surface area contributed by atoms with E-state index in [0.29, 0.717) is 5.92 Å². The Balaban J connectivity index is 1.95. The highest BCUT2D eigenvalue weighted by molar-refractivity contribution is 6.12. The van der Waals surface area contributed by atoms with Crippen LogP contribution in [-0.2, 0) is 6.42 Å². The zero-order valence-electron chi connectivity index (χ0n) is 13.5. The van der Waals surface area contributed by atoms with E-state index in [2.05, 4.69) is 68.4 Å². The van der Waals surface area contributed by atoms with Crippen LogP contribution in [0.25, 0.3) is 33.1 Å². The first-order valence-electron chi connectivity index (χ1n) is 8.22. The number of fused-ring (bicyclic) bond motifs is 3. The van der Waals surface area contributed by atoms with E-state index in [-0.39, 0.29) is 0 Å². The highest BCUT2D eigenvalue weighted by Crippen LogP contribution is 2.36. The fourth-order valence-corrected chi connectivity index (χ4v) is 3.35. The van der Waals surface area contributed by atoms with Gasteiger partial charge in [0.15, 0.2) is 0 Å². The molecular weight excluding hydrogens is 280 g/mol. The van der Waals surface area contributed by atoms with E-state index in [1.54, 1.807) is 0 Å². The fraction of sp³-hybridized carbons (Fsp3) is 0.182. The summed E-state index contributed by atoms with van der Waals surface area (Å²) in [6, 6.07) is 23.5. The predicted octanol–water partition coefficient (Wildman–Crippen LogP) is 6.45. The standard InChI is InChI=1S/C22H20O/c1-15(2)13-16-7-5-8-17(14-16)18-10-6-12-21-22(18)19-9-3-4-11-20(19)23-21/h3-12,14-15H,13H2,1-2H3. The van der Waals surface area contributed by atoms with Gasteiger partial charge >= 0.3 is 0 Å². The van der Waals surface area contributed by atoms with Gasteiger partial charge in [-0.05, 0) is 41.2 Å². The van der Waals surface area contributed by atoms with Gasteiger partial charge in [-0.15, -0.1) is 0 Å². The van der Waals surface area contributed by atoms with Gasteiger partial charge in [0.25, 0.3) is 0 Å². The SMILES string of the molecule is CC(C)Cc1cccc(-c2cccc3oc4ccccc4c23)c1. The van der Waals surface area contributed by atoms with Crippen LogP contribution in [0.1, 0.15) is 19.4 Å². The summed E-state index contributed by atoms with van der Waals surface area (Å²) in [5.41, 5.74) is 5.81. The number of hydrogen-bond donors (Lipinski definition) is 0. The first-order chi connectivity index (χ1) is 11.2. The third kappa shape index (κ3) is 2.53. The molecule has 1 heterocycles. The van der Waals surface area contributed by atoms with Crippen LogP contribution in [0.2, 0.25) is 0 Å². The summed E-state index contributed by atoms with van der Waals surface area (Å²) in [4.78, 5) is 0. The van der Waals surface area contributed by atoms with Crippen LogP contribution in [0, 0.1) is 5.92 Å². The van der Waals surface area contributed by atoms with Crippen LogP contribution in [-0.4, -0.2) is 0 Å². The minimum Gasteiger partial charge on any atom is -0.456 e. The molecule has 0 atom stereocenters. The second kappa shape index (κ2) is 5.58. The second-order valence-corrected chi connectivity index (χ2v) is 6.58. The van der Waals surface area contributed by atoms with Gasteiger partial charge in [0, 0.05) is 10.8 Å². The summed E-state index contributed by atoms with van der Waals surface area (Å²) in [5, 5.41) is 2.40. The Bertz CT molecular complexity index is 976. The molecule has 0 spiro atoms. The minimum absolute atomic E-state index is 0.663. The lowest BCUT2D eigenvalue weighted by molar-refractivity contribution is 0.647. The Morgan fingerprint density at radius 3 is 2.48 bits per heavy atom. The third-order valence-electron chi connectivity index (χ3n) is 4.28. The number of hydrogen-bond acceptors (Lipinski definition) is 1. The molecular formula is C22H20O. The van der Waals surface area contributed by atoms with Crippen LogP contribution >= 0.6 is 0 Å². The van der Waals surface area contributed by atoms with Crippen molar-refractivity contribution in [2.24, 2.45) is 5.92 Å². The second-order valence-electron chi connectivity index (χ2n) is 6.58. The molecule has 23 heavy (non-hydrogen) atoms. The Labute approximate surface area is 136 Å². The Hall–Kier alpha value is -2.54. The van der Waals surface area contributed by atoms with Crippen molar-refractivity contribution in [1.29, 1.82) is 0 Å². The number of benzene rings is 3. The van der Waals surface area contributed by atoms with E-state index in [1.165, 1.54) is 27.5 Å². The van der Waals surface area contributed by atoms with Crippen molar-refractivity contribution < 1.29 is 4.42 Å². The molecule has 0 amide bonds. The van der Waals surface area contributed by atoms with Gasteiger partial charge in [-0.1, -0.05) is 68.4 Å². The molecule has 1 nitrogen and oxygen atoms in total. The van der Waals surface area contributed by atoms with E-state index in [1.807, 2.05) is 12.1 Å². The molecule has 0 aliphatic heterocycles. The van der Waals surface area contributed by atoms with E-state index >= 15 is 0 Å². The van der Waals surface area contributed by atoms with E-state index in [4.69, 9.17) is 4.42 Å². The van der Waals surface area contributed by atoms with Crippen LogP contribution in [0.4, 0.5) is 0 Å². The maximum Gasteiger partial charge on any atom is 0.136 e. The zero-order valence-corrected chi connectivity index (χ0v) is 13.5. The number of para-hydroxylation sites is 1. The summed E-state index contributed by atoms with van der Waals surface area (Å²) in [7, 11) is 0. The molecule has 0 saturated carbocycles. The third-order valence-corrected chi connectivity index (χ3v) is 4.28. The van der Waals surface area contributed by atoms with Crippen molar-refractivity contribution in [3.63, 3.8) is 0 Å². The average Bonchev–Trinajstić information content (AvgIpc) is 2.93. The average molecular weight is 300 g/mol. The van der Waals surface area contributed by atoms with Gasteiger partial charge in [0.1, 0.15) is 11.2 Å². The molecule has 0 N–H and O–H groups in total. The van der Waals surface area contributed by atoms with E-state index in [0.717, 1.165) is 17.6 Å². The van der Waals surface area contributed by atoms with Crippen molar-refractivity contribution in [1.82, 2.24) is 0 Å². The maximum atomic E-state index is 6.01. The van der Waals surface area contributed by atoms with Crippen LogP contribution in [0.3, 0.4) is 0 Å². The zero-order chi connectivity index (χ0) is 15.8. The maximum absolute atomic E-state index is 6.01. The Morgan fingerprint density at radius 1 is 0.826 bits per heavy atom. The normalized spacial score (nSPS) is 11.6. The molecule has 0 unspecified atom stereocenters. The minimum atomic E-state index is 0.663. The summed E-state index contributed by atoms with van der Waals surface area (Å²) in [5.74, 6) is 0.663. The molecule has 0 fully saturated rings. The molecule has 1 aromatic heterocycles. The summed E-state index contributed by atoms with van der Waals surface area (Å²) >= 11 is 0. The highest BCUT2D eigenvalue weighted by Gasteiger charge is 2.12. The molecule has 0 saturated heterocycles. The van der Waals surface area contributed by atoms with Gasteiger partial charge in [-0.3, -0.25) is 0 Å². The summed E-state index contributed by atoms with van der Waals surface area (Å²) < 4.78 is 6.01. The molecule has 3 aromatic carbocycles. The quantitative estimate of drug-likeness (QED) is 0.423. The highest BCUT2D eigenvalue weighted by atomic mass is 16.3. The first-order valence-corrected chi connectivity index (χ1v) is 8.22. The van der Waals surface area contributed by atoms with E-state index in [9.17, 15) is 0 Å². The monoisotopic (exact) mass is 300 g/mol. The van der Waals surface area contributed by atoms with Crippen LogP contribution < -0.4 is 0 Å². The molecule has 1 heteroatoms. The van der Waals surface area contributed by atoms with E-state index < -0.39 is 0 Å². The van der Waals surface area contributed by atoms with Crippen molar-refractivity contribution in [3.8, 4) is 11.1 Å². The largest absolute Gasteiger partial charge is 0.456 e. The van der Waals surface area contributed by atoms with Crippen molar-refractivity contribution >= 4 is 21.9 Å². The number of rotatable bonds is 3. The van der Waals surface area contributed by atoms with Crippen molar-refractivity contribution in [3.05, 3.63) is 72.3 Å². The van der Waals surface area contributed by atoms with Crippen LogP contribution in [0.5, 0.6) is 0 Å². The van der Waals surface area contributed by atoms with Gasteiger partial charge in [-0.25, -0.2) is 0 Å². The van der Waals surface area contributed by atoms with Crippen molar-refractivity contribution in [2.45, 2.75) is 20.3 Å². The lowest BCUT2D eigenvalue weighted by atomic mass is 9.95. The van der Waals surface area contributed by atoms with Gasteiger partial charge in [0.2, 0.25) is 0 Å². The smallest absolute Gasteiger partial charge is 0.136 e. The Kier molecular flexibility index (Phi) is 3.42. The van der Waals surface area contributed by atoms with Gasteiger partial charge < -0.3 is 4.42 Å². The molecule has 0 aliphatic rings. The molecule has 0 radical (unpaired) electrons. The predicted molar refractivity (Wildman–Crippen MR) is 97.7 cm³/mol. The van der Waals surface area contributed by atoms with Crippen molar-refractivity contribution in [2.75, 3.05) is 0 Å². The first kappa shape index (κ1) is 14.1. The summed E-state index contributed by atoms with van der Waals surface area (Å²) in [6.07, 6.45) is 1.11. The summed E-state index contributed by atoms with van der Waals surface area (Å²) in [6.45, 7) is 4.52. The lowest BCUT2D eigenvalue weighted by Gasteiger charge is -2.09.